The maximum Gasteiger partial charge on any atom is 0.303 e. The Bertz CT molecular complexity index is 645. The van der Waals surface area contributed by atoms with E-state index < -0.39 is 5.97 Å². The number of aryl methyl sites for hydroxylation is 1. The Morgan fingerprint density at radius 1 is 0.909 bits per heavy atom. The zero-order chi connectivity index (χ0) is 15.9. The molecule has 0 atom stereocenters. The van der Waals surface area contributed by atoms with Gasteiger partial charge in [-0.1, -0.05) is 36.4 Å². The number of carboxylic acid groups (broad SMARTS) is 1. The first-order valence-corrected chi connectivity index (χ1v) is 7.19. The number of benzene rings is 2. The van der Waals surface area contributed by atoms with Crippen LogP contribution < -0.4 is 5.32 Å². The van der Waals surface area contributed by atoms with Crippen LogP contribution in [0.3, 0.4) is 0 Å². The minimum absolute atomic E-state index is 0.0790. The van der Waals surface area contributed by atoms with Gasteiger partial charge in [-0.05, 0) is 41.7 Å². The van der Waals surface area contributed by atoms with Gasteiger partial charge in [0, 0.05) is 19.0 Å². The molecule has 0 aliphatic heterocycles. The van der Waals surface area contributed by atoms with Crippen molar-refractivity contribution in [3.63, 3.8) is 0 Å². The van der Waals surface area contributed by atoms with Gasteiger partial charge >= 0.3 is 5.97 Å². The lowest BCUT2D eigenvalue weighted by molar-refractivity contribution is -0.137. The van der Waals surface area contributed by atoms with E-state index in [0.29, 0.717) is 6.42 Å². The van der Waals surface area contributed by atoms with Crippen LogP contribution in [0, 0.1) is 0 Å². The van der Waals surface area contributed by atoms with Gasteiger partial charge in [0.15, 0.2) is 0 Å². The lowest BCUT2D eigenvalue weighted by atomic mass is 10.0. The molecule has 0 aliphatic carbocycles. The molecule has 0 unspecified atom stereocenters. The Balaban J connectivity index is 1.95. The van der Waals surface area contributed by atoms with Gasteiger partial charge in [-0.15, -0.1) is 0 Å². The molecular formula is C18H19NO3. The van der Waals surface area contributed by atoms with Crippen LogP contribution in [0.5, 0.6) is 0 Å². The third kappa shape index (κ3) is 5.05. The van der Waals surface area contributed by atoms with E-state index >= 15 is 0 Å². The topological polar surface area (TPSA) is 66.4 Å². The van der Waals surface area contributed by atoms with E-state index in [2.05, 4.69) is 5.32 Å². The van der Waals surface area contributed by atoms with Crippen LogP contribution in [0.15, 0.2) is 48.5 Å². The summed E-state index contributed by atoms with van der Waals surface area (Å²) in [5.74, 6) is -0.854. The number of amides is 1. The van der Waals surface area contributed by atoms with Crippen molar-refractivity contribution < 1.29 is 14.7 Å². The van der Waals surface area contributed by atoms with Crippen LogP contribution in [-0.4, -0.2) is 17.0 Å². The molecule has 22 heavy (non-hydrogen) atoms. The number of anilines is 1. The van der Waals surface area contributed by atoms with Gasteiger partial charge in [0.25, 0.3) is 0 Å². The summed E-state index contributed by atoms with van der Waals surface area (Å²) < 4.78 is 0. The minimum Gasteiger partial charge on any atom is -0.481 e. The zero-order valence-electron chi connectivity index (χ0n) is 12.5. The fourth-order valence-electron chi connectivity index (χ4n) is 2.22. The summed E-state index contributed by atoms with van der Waals surface area (Å²) in [6.07, 6.45) is 1.52. The molecule has 0 fully saturated rings. The SMILES string of the molecule is CC(=O)Nc1ccc(Cc2ccc(CCC(=O)O)cc2)cc1. The number of hydrogen-bond donors (Lipinski definition) is 2. The van der Waals surface area contributed by atoms with Crippen LogP contribution >= 0.6 is 0 Å². The Hall–Kier alpha value is -2.62. The largest absolute Gasteiger partial charge is 0.481 e. The normalized spacial score (nSPS) is 10.2. The maximum atomic E-state index is 11.0. The molecule has 2 rings (SSSR count). The highest BCUT2D eigenvalue weighted by atomic mass is 16.4. The summed E-state index contributed by atoms with van der Waals surface area (Å²) in [7, 11) is 0. The molecule has 2 N–H and O–H groups in total. The summed E-state index contributed by atoms with van der Waals surface area (Å²) >= 11 is 0. The van der Waals surface area contributed by atoms with Gasteiger partial charge in [0.1, 0.15) is 0 Å². The van der Waals surface area contributed by atoms with Crippen molar-refractivity contribution in [3.05, 3.63) is 65.2 Å². The highest BCUT2D eigenvalue weighted by molar-refractivity contribution is 5.88. The Morgan fingerprint density at radius 3 is 1.91 bits per heavy atom. The second-order valence-corrected chi connectivity index (χ2v) is 5.27. The highest BCUT2D eigenvalue weighted by Gasteiger charge is 2.01. The monoisotopic (exact) mass is 297 g/mol. The summed E-state index contributed by atoms with van der Waals surface area (Å²) in [6, 6.07) is 15.8. The van der Waals surface area contributed by atoms with Gasteiger partial charge < -0.3 is 10.4 Å². The van der Waals surface area contributed by atoms with Crippen LogP contribution in [0.1, 0.15) is 30.0 Å². The first-order chi connectivity index (χ1) is 10.5. The van der Waals surface area contributed by atoms with E-state index in [1.54, 1.807) is 0 Å². The number of carbonyl (C=O) groups is 2. The number of nitrogens with one attached hydrogen (secondary N) is 1. The van der Waals surface area contributed by atoms with E-state index in [-0.39, 0.29) is 12.3 Å². The Morgan fingerprint density at radius 2 is 1.41 bits per heavy atom. The van der Waals surface area contributed by atoms with E-state index in [1.807, 2.05) is 48.5 Å². The average molecular weight is 297 g/mol. The average Bonchev–Trinajstić information content (AvgIpc) is 2.48. The molecule has 0 aliphatic rings. The van der Waals surface area contributed by atoms with Crippen LogP contribution in [0.2, 0.25) is 0 Å². The predicted molar refractivity (Wildman–Crippen MR) is 86.0 cm³/mol. The quantitative estimate of drug-likeness (QED) is 0.860. The fraction of sp³-hybridized carbons (Fsp3) is 0.222. The smallest absolute Gasteiger partial charge is 0.303 e. The molecule has 0 bridgehead atoms. The summed E-state index contributed by atoms with van der Waals surface area (Å²) in [6.45, 7) is 1.49. The van der Waals surface area contributed by atoms with E-state index in [0.717, 1.165) is 23.2 Å². The maximum absolute atomic E-state index is 11.0. The van der Waals surface area contributed by atoms with Gasteiger partial charge in [-0.25, -0.2) is 0 Å². The summed E-state index contributed by atoms with van der Waals surface area (Å²) in [5, 5.41) is 11.4. The second-order valence-electron chi connectivity index (χ2n) is 5.27. The molecule has 0 spiro atoms. The predicted octanol–water partition coefficient (Wildman–Crippen LogP) is 3.25. The molecule has 114 valence electrons. The van der Waals surface area contributed by atoms with E-state index in [1.165, 1.54) is 12.5 Å². The molecule has 2 aromatic rings. The van der Waals surface area contributed by atoms with Crippen molar-refractivity contribution in [1.82, 2.24) is 0 Å². The molecule has 0 saturated carbocycles. The number of hydrogen-bond acceptors (Lipinski definition) is 2. The summed E-state index contributed by atoms with van der Waals surface area (Å²) in [4.78, 5) is 21.5. The molecule has 2 aromatic carbocycles. The Labute approximate surface area is 129 Å². The number of aliphatic carboxylic acids is 1. The van der Waals surface area contributed by atoms with Crippen molar-refractivity contribution in [3.8, 4) is 0 Å². The molecule has 0 radical (unpaired) electrons. The second kappa shape index (κ2) is 7.41. The molecule has 1 amide bonds. The van der Waals surface area contributed by atoms with Crippen molar-refractivity contribution in [1.29, 1.82) is 0 Å². The van der Waals surface area contributed by atoms with Crippen molar-refractivity contribution in [2.75, 3.05) is 5.32 Å². The van der Waals surface area contributed by atoms with Crippen molar-refractivity contribution >= 4 is 17.6 Å². The van der Waals surface area contributed by atoms with Crippen molar-refractivity contribution in [2.45, 2.75) is 26.2 Å². The highest BCUT2D eigenvalue weighted by Crippen LogP contribution is 2.15. The standard InChI is InChI=1S/C18H19NO3/c1-13(20)19-17-9-6-16(7-10-17)12-15-4-2-14(3-5-15)8-11-18(21)22/h2-7,9-10H,8,11-12H2,1H3,(H,19,20)(H,21,22). The van der Waals surface area contributed by atoms with Crippen LogP contribution in [0.25, 0.3) is 0 Å². The minimum atomic E-state index is -0.775. The van der Waals surface area contributed by atoms with Crippen molar-refractivity contribution in [2.24, 2.45) is 0 Å². The number of carboxylic acids is 1. The van der Waals surface area contributed by atoms with Crippen LogP contribution in [-0.2, 0) is 22.4 Å². The summed E-state index contributed by atoms with van der Waals surface area (Å²) in [5.41, 5.74) is 4.16. The van der Waals surface area contributed by atoms with Gasteiger partial charge in [-0.2, -0.15) is 0 Å². The molecular weight excluding hydrogens is 278 g/mol. The van der Waals surface area contributed by atoms with Gasteiger partial charge in [0.2, 0.25) is 5.91 Å². The number of rotatable bonds is 6. The van der Waals surface area contributed by atoms with Gasteiger partial charge in [0.05, 0.1) is 0 Å². The first-order valence-electron chi connectivity index (χ1n) is 7.19. The molecule has 4 nitrogen and oxygen atoms in total. The fourth-order valence-corrected chi connectivity index (χ4v) is 2.22. The molecule has 0 saturated heterocycles. The third-order valence-corrected chi connectivity index (χ3v) is 3.33. The molecule has 4 heteroatoms. The Kier molecular flexibility index (Phi) is 5.31. The molecule has 0 aromatic heterocycles. The lowest BCUT2D eigenvalue weighted by Crippen LogP contribution is -2.05. The van der Waals surface area contributed by atoms with Gasteiger partial charge in [-0.3, -0.25) is 9.59 Å². The first kappa shape index (κ1) is 15.8. The number of carbonyl (C=O) groups excluding carboxylic acids is 1. The van der Waals surface area contributed by atoms with E-state index in [9.17, 15) is 9.59 Å². The zero-order valence-corrected chi connectivity index (χ0v) is 12.5. The van der Waals surface area contributed by atoms with Crippen LogP contribution in [0.4, 0.5) is 5.69 Å². The third-order valence-electron chi connectivity index (χ3n) is 3.33. The molecule has 0 heterocycles. The lowest BCUT2D eigenvalue weighted by Gasteiger charge is -2.06. The van der Waals surface area contributed by atoms with E-state index in [4.69, 9.17) is 5.11 Å².